The lowest BCUT2D eigenvalue weighted by molar-refractivity contribution is -0.140. The minimum atomic E-state index is -1.10. The first-order chi connectivity index (χ1) is 17.4. The fourth-order valence-corrected chi connectivity index (χ4v) is 4.36. The molecular weight excluding hydrogens is 466 g/mol. The molecule has 0 bridgehead atoms. The van der Waals surface area contributed by atoms with Crippen LogP contribution in [0.1, 0.15) is 49.8 Å². The van der Waals surface area contributed by atoms with E-state index < -0.39 is 30.0 Å². The molecule has 0 radical (unpaired) electrons. The van der Waals surface area contributed by atoms with Crippen LogP contribution >= 0.6 is 0 Å². The molecule has 4 amide bonds. The molecule has 2 aromatic rings. The Morgan fingerprint density at radius 2 is 1.89 bits per heavy atom. The van der Waals surface area contributed by atoms with Crippen molar-refractivity contribution in [2.24, 2.45) is 0 Å². The van der Waals surface area contributed by atoms with E-state index in [1.54, 1.807) is 18.2 Å². The van der Waals surface area contributed by atoms with Gasteiger partial charge in [-0.2, -0.15) is 0 Å². The zero-order chi connectivity index (χ0) is 25.7. The lowest BCUT2D eigenvalue weighted by Gasteiger charge is -2.30. The van der Waals surface area contributed by atoms with E-state index in [1.807, 2.05) is 37.3 Å². The van der Waals surface area contributed by atoms with Crippen LogP contribution in [0.15, 0.2) is 48.5 Å². The van der Waals surface area contributed by atoms with Gasteiger partial charge >= 0.3 is 12.0 Å². The summed E-state index contributed by atoms with van der Waals surface area (Å²) in [7, 11) is 0. The second-order valence-electron chi connectivity index (χ2n) is 8.78. The van der Waals surface area contributed by atoms with E-state index in [0.29, 0.717) is 23.5 Å². The first-order valence-electron chi connectivity index (χ1n) is 11.9. The van der Waals surface area contributed by atoms with E-state index in [1.165, 1.54) is 9.80 Å². The summed E-state index contributed by atoms with van der Waals surface area (Å²) in [5.41, 5.74) is 1.35. The lowest BCUT2D eigenvalue weighted by Crippen LogP contribution is -2.50. The summed E-state index contributed by atoms with van der Waals surface area (Å²) in [6.45, 7) is 2.42. The van der Waals surface area contributed by atoms with Gasteiger partial charge in [0.1, 0.15) is 6.04 Å². The van der Waals surface area contributed by atoms with Gasteiger partial charge in [0.05, 0.1) is 25.4 Å². The SMILES string of the molecule is CCCCN(C(=O)N[C@@H](CC(=O)O)c1ccc2c(c1)OCO2)C1CC(=O)N(Cc2ccccc2)C1=O. The minimum absolute atomic E-state index is 0.0663. The van der Waals surface area contributed by atoms with E-state index in [2.05, 4.69) is 5.32 Å². The number of carboxylic acids is 1. The highest BCUT2D eigenvalue weighted by molar-refractivity contribution is 6.06. The summed E-state index contributed by atoms with van der Waals surface area (Å²) >= 11 is 0. The molecule has 1 fully saturated rings. The maximum atomic E-state index is 13.4. The van der Waals surface area contributed by atoms with E-state index in [-0.39, 0.29) is 38.6 Å². The van der Waals surface area contributed by atoms with Crippen LogP contribution in [-0.2, 0) is 20.9 Å². The number of likely N-dealkylation sites (tertiary alicyclic amines) is 1. The third-order valence-electron chi connectivity index (χ3n) is 6.27. The highest BCUT2D eigenvalue weighted by atomic mass is 16.7. The van der Waals surface area contributed by atoms with E-state index >= 15 is 0 Å². The number of carbonyl (C=O) groups is 4. The van der Waals surface area contributed by atoms with E-state index in [9.17, 15) is 24.3 Å². The van der Waals surface area contributed by atoms with Crippen LogP contribution in [0.4, 0.5) is 4.79 Å². The fourth-order valence-electron chi connectivity index (χ4n) is 4.36. The molecule has 1 saturated heterocycles. The number of hydrogen-bond donors (Lipinski definition) is 2. The number of aliphatic carboxylic acids is 1. The molecular formula is C26H29N3O7. The Kier molecular flexibility index (Phi) is 7.72. The summed E-state index contributed by atoms with van der Waals surface area (Å²) in [6.07, 6.45) is 0.909. The van der Waals surface area contributed by atoms with Crippen LogP contribution in [0.5, 0.6) is 11.5 Å². The number of rotatable bonds is 10. The summed E-state index contributed by atoms with van der Waals surface area (Å²) < 4.78 is 10.7. The van der Waals surface area contributed by atoms with Crippen LogP contribution in [0.3, 0.4) is 0 Å². The number of carbonyl (C=O) groups excluding carboxylic acids is 3. The molecule has 190 valence electrons. The van der Waals surface area contributed by atoms with Crippen molar-refractivity contribution in [3.05, 3.63) is 59.7 Å². The molecule has 2 heterocycles. The van der Waals surface area contributed by atoms with Crippen LogP contribution in [0.25, 0.3) is 0 Å². The normalized spacial score (nSPS) is 17.2. The smallest absolute Gasteiger partial charge is 0.318 e. The molecule has 2 atom stereocenters. The number of fused-ring (bicyclic) bond motifs is 1. The van der Waals surface area contributed by atoms with E-state index in [0.717, 1.165) is 12.0 Å². The zero-order valence-corrected chi connectivity index (χ0v) is 20.0. The molecule has 0 saturated carbocycles. The van der Waals surface area contributed by atoms with Gasteiger partial charge in [-0.05, 0) is 29.7 Å². The number of unbranched alkanes of at least 4 members (excludes halogenated alkanes) is 1. The fraction of sp³-hybridized carbons (Fsp3) is 0.385. The predicted octanol–water partition coefficient (Wildman–Crippen LogP) is 3.07. The Morgan fingerprint density at radius 1 is 1.14 bits per heavy atom. The molecule has 0 spiro atoms. The second-order valence-corrected chi connectivity index (χ2v) is 8.78. The molecule has 2 N–H and O–H groups in total. The molecule has 36 heavy (non-hydrogen) atoms. The van der Waals surface area contributed by atoms with Crippen molar-refractivity contribution in [1.82, 2.24) is 15.1 Å². The number of carboxylic acid groups (broad SMARTS) is 1. The largest absolute Gasteiger partial charge is 0.481 e. The third kappa shape index (κ3) is 5.59. The average Bonchev–Trinajstić information content (AvgIpc) is 3.44. The molecule has 2 aliphatic rings. The second kappa shape index (κ2) is 11.1. The Labute approximate surface area is 208 Å². The van der Waals surface area contributed by atoms with Gasteiger partial charge in [0.25, 0.3) is 5.91 Å². The van der Waals surface area contributed by atoms with Crippen LogP contribution in [0.2, 0.25) is 0 Å². The van der Waals surface area contributed by atoms with Gasteiger partial charge in [0.15, 0.2) is 11.5 Å². The van der Waals surface area contributed by atoms with Gasteiger partial charge in [-0.15, -0.1) is 0 Å². The van der Waals surface area contributed by atoms with Crippen LogP contribution in [-0.4, -0.2) is 58.1 Å². The molecule has 2 aromatic carbocycles. The van der Waals surface area contributed by atoms with Crippen LogP contribution < -0.4 is 14.8 Å². The zero-order valence-electron chi connectivity index (χ0n) is 20.0. The number of ether oxygens (including phenoxy) is 2. The van der Waals surface area contributed by atoms with Gasteiger partial charge in [-0.25, -0.2) is 4.79 Å². The van der Waals surface area contributed by atoms with E-state index in [4.69, 9.17) is 9.47 Å². The monoisotopic (exact) mass is 495 g/mol. The third-order valence-corrected chi connectivity index (χ3v) is 6.27. The minimum Gasteiger partial charge on any atom is -0.481 e. The number of benzene rings is 2. The Hall–Kier alpha value is -4.08. The van der Waals surface area contributed by atoms with Gasteiger partial charge in [0, 0.05) is 6.54 Å². The van der Waals surface area contributed by atoms with Crippen molar-refractivity contribution in [2.45, 2.75) is 51.2 Å². The van der Waals surface area contributed by atoms with Gasteiger partial charge in [0.2, 0.25) is 12.7 Å². The summed E-state index contributed by atoms with van der Waals surface area (Å²) in [6, 6.07) is 11.7. The Bertz CT molecular complexity index is 1140. The Balaban J connectivity index is 1.53. The average molecular weight is 496 g/mol. The summed E-state index contributed by atoms with van der Waals surface area (Å²) in [4.78, 5) is 53.5. The summed E-state index contributed by atoms with van der Waals surface area (Å²) in [5, 5.41) is 12.2. The Morgan fingerprint density at radius 3 is 2.61 bits per heavy atom. The molecule has 10 heteroatoms. The van der Waals surface area contributed by atoms with Gasteiger partial charge < -0.3 is 24.8 Å². The number of nitrogens with one attached hydrogen (secondary N) is 1. The molecule has 0 aromatic heterocycles. The number of imide groups is 1. The molecule has 4 rings (SSSR count). The lowest BCUT2D eigenvalue weighted by atomic mass is 10.0. The molecule has 10 nitrogen and oxygen atoms in total. The van der Waals surface area contributed by atoms with Gasteiger partial charge in [-0.3, -0.25) is 19.3 Å². The maximum absolute atomic E-state index is 13.4. The number of nitrogens with zero attached hydrogens (tertiary/aromatic N) is 2. The van der Waals surface area contributed by atoms with Crippen molar-refractivity contribution in [2.75, 3.05) is 13.3 Å². The topological polar surface area (TPSA) is 125 Å². The van der Waals surface area contributed by atoms with Crippen molar-refractivity contribution >= 4 is 23.8 Å². The van der Waals surface area contributed by atoms with Gasteiger partial charge in [-0.1, -0.05) is 49.7 Å². The number of hydrogen-bond acceptors (Lipinski definition) is 6. The molecule has 2 aliphatic heterocycles. The molecule has 0 aliphatic carbocycles. The summed E-state index contributed by atoms with van der Waals surface area (Å²) in [5.74, 6) is -0.876. The maximum Gasteiger partial charge on any atom is 0.318 e. The first kappa shape index (κ1) is 25.0. The van der Waals surface area contributed by atoms with Crippen molar-refractivity contribution < 1.29 is 33.8 Å². The quantitative estimate of drug-likeness (QED) is 0.485. The number of amides is 4. The number of urea groups is 1. The highest BCUT2D eigenvalue weighted by Gasteiger charge is 2.43. The van der Waals surface area contributed by atoms with Crippen LogP contribution in [0, 0.1) is 0 Å². The van der Waals surface area contributed by atoms with Crippen molar-refractivity contribution in [1.29, 1.82) is 0 Å². The predicted molar refractivity (Wildman–Crippen MR) is 128 cm³/mol. The first-order valence-corrected chi connectivity index (χ1v) is 11.9. The van der Waals surface area contributed by atoms with Crippen molar-refractivity contribution in [3.63, 3.8) is 0 Å². The molecule has 1 unspecified atom stereocenters. The van der Waals surface area contributed by atoms with Crippen molar-refractivity contribution in [3.8, 4) is 11.5 Å². The standard InChI is InChI=1S/C26H29N3O7/c1-2-3-11-28(20-14-23(30)29(25(20)33)15-17-7-5-4-6-8-17)26(34)27-19(13-24(31)32)18-9-10-21-22(12-18)36-16-35-21/h4-10,12,19-20H,2-3,11,13-16H2,1H3,(H,27,34)(H,31,32)/t19-,20?/m0/s1. The highest BCUT2D eigenvalue weighted by Crippen LogP contribution is 2.35.